The molecule has 1 aliphatic heterocycles. The average Bonchev–Trinajstić information content (AvgIpc) is 2.64. The number of benzene rings is 3. The van der Waals surface area contributed by atoms with Crippen molar-refractivity contribution in [3.05, 3.63) is 87.5 Å². The molecule has 1 aliphatic rings. The minimum Gasteiger partial charge on any atom is -0.302 e. The Kier molecular flexibility index (Phi) is 4.47. The van der Waals surface area contributed by atoms with Crippen molar-refractivity contribution in [1.82, 2.24) is 0 Å². The molecule has 29 heavy (non-hydrogen) atoms. The molecule has 0 spiro atoms. The van der Waals surface area contributed by atoms with Gasteiger partial charge in [0.1, 0.15) is 0 Å². The summed E-state index contributed by atoms with van der Waals surface area (Å²) in [6, 6.07) is 14.8. The summed E-state index contributed by atoms with van der Waals surface area (Å²) in [7, 11) is -4.03. The number of aryl methyl sites for hydroxylation is 5. The highest BCUT2D eigenvalue weighted by atomic mass is 31.2. The summed E-state index contributed by atoms with van der Waals surface area (Å²) in [5.74, 6) is 0. The quantitative estimate of drug-likeness (QED) is 0.503. The molecule has 0 saturated heterocycles. The molecule has 1 heterocycles. The van der Waals surface area contributed by atoms with Crippen LogP contribution in [0.1, 0.15) is 48.5 Å². The minimum absolute atomic E-state index is 0.354. The van der Waals surface area contributed by atoms with E-state index in [9.17, 15) is 14.2 Å². The van der Waals surface area contributed by atoms with E-state index in [0.717, 1.165) is 33.4 Å². The van der Waals surface area contributed by atoms with Crippen molar-refractivity contribution in [1.29, 1.82) is 0 Å². The second-order valence-electron chi connectivity index (χ2n) is 8.01. The highest BCUT2D eigenvalue weighted by molar-refractivity contribution is 8.01. The number of fused-ring (bicyclic) bond motifs is 3. The second-order valence-corrected chi connectivity index (χ2v) is 10.5. The fourth-order valence-corrected chi connectivity index (χ4v) is 7.31. The molecular weight excluding hydrogens is 379 g/mol. The van der Waals surface area contributed by atoms with Gasteiger partial charge in [-0.25, -0.2) is 0 Å². The molecule has 3 aromatic carbocycles. The predicted octanol–water partition coefficient (Wildman–Crippen LogP) is 5.88. The Bertz CT molecular complexity index is 1240. The summed E-state index contributed by atoms with van der Waals surface area (Å²) in [5.41, 5.74) is 5.49. The zero-order chi connectivity index (χ0) is 21.1. The summed E-state index contributed by atoms with van der Waals surface area (Å²) < 4.78 is 14.4. The molecule has 3 aromatic rings. The Labute approximate surface area is 171 Å². The van der Waals surface area contributed by atoms with Crippen LogP contribution in [0.3, 0.4) is 0 Å². The SMILES string of the molecule is Cc1cc(C)c(C(=O)P2(=O)C(=O)c3c(C)cc(C)cc3-c3ccccc32)c(C)c1. The fourth-order valence-electron chi connectivity index (χ4n) is 4.58. The van der Waals surface area contributed by atoms with Crippen molar-refractivity contribution in [2.24, 2.45) is 0 Å². The van der Waals surface area contributed by atoms with Crippen LogP contribution in [-0.2, 0) is 4.57 Å². The molecule has 146 valence electrons. The number of hydrogen-bond acceptors (Lipinski definition) is 3. The van der Waals surface area contributed by atoms with Crippen LogP contribution < -0.4 is 5.30 Å². The summed E-state index contributed by atoms with van der Waals surface area (Å²) in [6.45, 7) is 9.44. The molecule has 4 heteroatoms. The summed E-state index contributed by atoms with van der Waals surface area (Å²) in [6.07, 6.45) is 0. The lowest BCUT2D eigenvalue weighted by molar-refractivity contribution is 0.104. The summed E-state index contributed by atoms with van der Waals surface area (Å²) in [5, 5.41) is 0.354. The Morgan fingerprint density at radius 1 is 0.759 bits per heavy atom. The minimum atomic E-state index is -4.03. The molecule has 0 N–H and O–H groups in total. The van der Waals surface area contributed by atoms with Crippen LogP contribution in [0.2, 0.25) is 0 Å². The van der Waals surface area contributed by atoms with E-state index in [4.69, 9.17) is 0 Å². The second kappa shape index (κ2) is 6.64. The van der Waals surface area contributed by atoms with Gasteiger partial charge in [-0.3, -0.25) is 9.59 Å². The van der Waals surface area contributed by atoms with Gasteiger partial charge in [0.05, 0.1) is 0 Å². The first-order valence-electron chi connectivity index (χ1n) is 9.65. The van der Waals surface area contributed by atoms with Gasteiger partial charge in [-0.1, -0.05) is 59.7 Å². The normalized spacial score (nSPS) is 17.6. The van der Waals surface area contributed by atoms with E-state index >= 15 is 0 Å². The Hall–Kier alpha value is -2.77. The summed E-state index contributed by atoms with van der Waals surface area (Å²) >= 11 is 0. The average molecular weight is 402 g/mol. The van der Waals surface area contributed by atoms with E-state index in [0.29, 0.717) is 22.0 Å². The number of carbonyl (C=O) groups excluding carboxylic acids is 2. The van der Waals surface area contributed by atoms with E-state index in [1.807, 2.05) is 71.0 Å². The smallest absolute Gasteiger partial charge is 0.249 e. The molecule has 4 rings (SSSR count). The van der Waals surface area contributed by atoms with Gasteiger partial charge in [0, 0.05) is 16.4 Å². The fraction of sp³-hybridized carbons (Fsp3) is 0.200. The molecule has 0 radical (unpaired) electrons. The lowest BCUT2D eigenvalue weighted by atomic mass is 9.94. The van der Waals surface area contributed by atoms with Crippen molar-refractivity contribution < 1.29 is 14.2 Å². The van der Waals surface area contributed by atoms with Crippen LogP contribution in [-0.4, -0.2) is 11.0 Å². The van der Waals surface area contributed by atoms with Gasteiger partial charge >= 0.3 is 0 Å². The maximum Gasteiger partial charge on any atom is 0.249 e. The zero-order valence-corrected chi connectivity index (χ0v) is 18.2. The highest BCUT2D eigenvalue weighted by Crippen LogP contribution is 2.57. The van der Waals surface area contributed by atoms with E-state index in [1.54, 1.807) is 12.1 Å². The lowest BCUT2D eigenvalue weighted by Gasteiger charge is -2.28. The molecule has 0 saturated carbocycles. The van der Waals surface area contributed by atoms with Crippen molar-refractivity contribution >= 4 is 23.5 Å². The Morgan fingerprint density at radius 3 is 1.97 bits per heavy atom. The monoisotopic (exact) mass is 402 g/mol. The van der Waals surface area contributed by atoms with Crippen LogP contribution in [0.15, 0.2) is 48.5 Å². The molecule has 0 aliphatic carbocycles. The van der Waals surface area contributed by atoms with Crippen LogP contribution in [0.4, 0.5) is 0 Å². The third-order valence-corrected chi connectivity index (χ3v) is 8.35. The first-order valence-corrected chi connectivity index (χ1v) is 11.4. The summed E-state index contributed by atoms with van der Waals surface area (Å²) in [4.78, 5) is 27.4. The third-order valence-electron chi connectivity index (χ3n) is 5.69. The zero-order valence-electron chi connectivity index (χ0n) is 17.3. The van der Waals surface area contributed by atoms with Crippen molar-refractivity contribution in [2.45, 2.75) is 34.6 Å². The molecular formula is C25H23O3P. The first-order chi connectivity index (χ1) is 13.7. The van der Waals surface area contributed by atoms with E-state index in [-0.39, 0.29) is 0 Å². The topological polar surface area (TPSA) is 51.2 Å². The van der Waals surface area contributed by atoms with Crippen LogP contribution in [0.25, 0.3) is 11.1 Å². The molecule has 3 nitrogen and oxygen atoms in total. The Balaban J connectivity index is 2.06. The van der Waals surface area contributed by atoms with Gasteiger partial charge in [-0.15, -0.1) is 0 Å². The molecule has 0 aromatic heterocycles. The van der Waals surface area contributed by atoms with E-state index in [1.165, 1.54) is 0 Å². The van der Waals surface area contributed by atoms with Crippen molar-refractivity contribution in [3.63, 3.8) is 0 Å². The molecule has 0 bridgehead atoms. The maximum atomic E-state index is 14.4. The largest absolute Gasteiger partial charge is 0.302 e. The van der Waals surface area contributed by atoms with Crippen molar-refractivity contribution in [2.75, 3.05) is 0 Å². The van der Waals surface area contributed by atoms with Gasteiger partial charge in [0.25, 0.3) is 0 Å². The van der Waals surface area contributed by atoms with Gasteiger partial charge < -0.3 is 4.57 Å². The molecule has 0 fully saturated rings. The van der Waals surface area contributed by atoms with Crippen LogP contribution in [0, 0.1) is 34.6 Å². The van der Waals surface area contributed by atoms with Crippen molar-refractivity contribution in [3.8, 4) is 11.1 Å². The predicted molar refractivity (Wildman–Crippen MR) is 118 cm³/mol. The van der Waals surface area contributed by atoms with Gasteiger partial charge in [-0.05, 0) is 62.4 Å². The maximum absolute atomic E-state index is 14.4. The van der Waals surface area contributed by atoms with E-state index in [2.05, 4.69) is 0 Å². The van der Waals surface area contributed by atoms with Gasteiger partial charge in [0.2, 0.25) is 18.2 Å². The first kappa shape index (κ1) is 19.5. The number of rotatable bonds is 2. The van der Waals surface area contributed by atoms with Gasteiger partial charge in [-0.2, -0.15) is 0 Å². The van der Waals surface area contributed by atoms with Crippen LogP contribution >= 0.6 is 7.14 Å². The van der Waals surface area contributed by atoms with Gasteiger partial charge in [0.15, 0.2) is 0 Å². The number of hydrogen-bond donors (Lipinski definition) is 0. The lowest BCUT2D eigenvalue weighted by Crippen LogP contribution is -2.28. The standard InChI is InChI=1S/C25H23O3P/c1-14-10-16(3)22(17(4)11-14)24(26)29(28)21-9-7-6-8-19(21)20-13-15(2)12-18(5)23(20)25(29)27/h6-13H,1-5H3. The molecule has 1 atom stereocenters. The Morgan fingerprint density at radius 2 is 1.31 bits per heavy atom. The molecule has 1 unspecified atom stereocenters. The van der Waals surface area contributed by atoms with E-state index < -0.39 is 18.2 Å². The van der Waals surface area contributed by atoms with Crippen LogP contribution in [0.5, 0.6) is 0 Å². The highest BCUT2D eigenvalue weighted by Gasteiger charge is 2.49. The third kappa shape index (κ3) is 2.76. The molecule has 0 amide bonds. The number of carbonyl (C=O) groups is 2.